The van der Waals surface area contributed by atoms with E-state index in [1.807, 2.05) is 67.6 Å². The number of fused-ring (bicyclic) bond motifs is 2. The molecule has 0 aliphatic carbocycles. The molecule has 42 heavy (non-hydrogen) atoms. The van der Waals surface area contributed by atoms with Gasteiger partial charge in [-0.15, -0.1) is 0 Å². The Labute approximate surface area is 262 Å². The second kappa shape index (κ2) is 12.1. The van der Waals surface area contributed by atoms with Gasteiger partial charge in [-0.05, 0) is 70.9 Å². The monoisotopic (exact) mass is 705 g/mol. The summed E-state index contributed by atoms with van der Waals surface area (Å²) in [6, 6.07) is 26.2. The molecule has 0 bridgehead atoms. The standard InChI is InChI=1S/C32H22Br2ClN3O4/c1-2-40-26-16-21(28(34)29(35)30(26)41-18-19-11-13-22(33)14-12-19)17-36-38-31(27-15-20-7-3-6-10-25(20)42-27)37-24-9-5-4-8-23(24)32(38)39/h3-17H,2,18H2,1H3. The van der Waals surface area contributed by atoms with Crippen LogP contribution >= 0.6 is 43.5 Å². The van der Waals surface area contributed by atoms with E-state index in [1.54, 1.807) is 24.3 Å². The number of nitrogens with zero attached hydrogens (tertiary/aromatic N) is 3. The molecule has 0 saturated carbocycles. The average molecular weight is 708 g/mol. The zero-order valence-electron chi connectivity index (χ0n) is 22.2. The number of hydrogen-bond acceptors (Lipinski definition) is 6. The molecule has 0 spiro atoms. The second-order valence-corrected chi connectivity index (χ2v) is 11.3. The van der Waals surface area contributed by atoms with Crippen molar-refractivity contribution in [3.8, 4) is 23.1 Å². The van der Waals surface area contributed by atoms with Crippen molar-refractivity contribution < 1.29 is 13.9 Å². The molecule has 2 heterocycles. The molecule has 4 aromatic carbocycles. The summed E-state index contributed by atoms with van der Waals surface area (Å²) >= 11 is 13.8. The maximum atomic E-state index is 13.7. The van der Waals surface area contributed by atoms with Crippen LogP contribution in [0.15, 0.2) is 108 Å². The van der Waals surface area contributed by atoms with E-state index < -0.39 is 0 Å². The van der Waals surface area contributed by atoms with E-state index in [9.17, 15) is 4.79 Å². The average Bonchev–Trinajstić information content (AvgIpc) is 3.44. The number of halogens is 3. The van der Waals surface area contributed by atoms with Crippen molar-refractivity contribution in [1.29, 1.82) is 0 Å². The van der Waals surface area contributed by atoms with Crippen molar-refractivity contribution in [2.75, 3.05) is 6.61 Å². The minimum absolute atomic E-state index is 0.271. The molecule has 0 saturated heterocycles. The molecule has 210 valence electrons. The lowest BCUT2D eigenvalue weighted by atomic mass is 10.2. The summed E-state index contributed by atoms with van der Waals surface area (Å²) in [5.74, 6) is 1.54. The first-order valence-corrected chi connectivity index (χ1v) is 15.0. The van der Waals surface area contributed by atoms with Crippen molar-refractivity contribution in [2.24, 2.45) is 5.10 Å². The predicted molar refractivity (Wildman–Crippen MR) is 173 cm³/mol. The number of para-hydroxylation sites is 2. The Morgan fingerprint density at radius 1 is 1.00 bits per heavy atom. The minimum Gasteiger partial charge on any atom is -0.490 e. The summed E-state index contributed by atoms with van der Waals surface area (Å²) in [7, 11) is 0. The smallest absolute Gasteiger partial charge is 0.282 e. The molecule has 0 atom stereocenters. The molecule has 0 unspecified atom stereocenters. The molecule has 0 N–H and O–H groups in total. The van der Waals surface area contributed by atoms with Gasteiger partial charge in [0, 0.05) is 19.9 Å². The van der Waals surface area contributed by atoms with Crippen LogP contribution in [0.1, 0.15) is 18.1 Å². The molecule has 6 aromatic rings. The van der Waals surface area contributed by atoms with Crippen molar-refractivity contribution in [3.05, 3.63) is 120 Å². The van der Waals surface area contributed by atoms with E-state index in [-0.39, 0.29) is 11.4 Å². The summed E-state index contributed by atoms with van der Waals surface area (Å²) in [4.78, 5) is 18.4. The number of ether oxygens (including phenoxy) is 2. The van der Waals surface area contributed by atoms with E-state index in [1.165, 1.54) is 10.9 Å². The summed E-state index contributed by atoms with van der Waals surface area (Å²) in [5, 5.41) is 6.21. The number of rotatable bonds is 8. The molecular formula is C32H22Br2ClN3O4. The summed E-state index contributed by atoms with van der Waals surface area (Å²) in [5.41, 5.74) is 2.43. The van der Waals surface area contributed by atoms with Crippen molar-refractivity contribution in [1.82, 2.24) is 9.66 Å². The van der Waals surface area contributed by atoms with Crippen LogP contribution in [-0.4, -0.2) is 22.5 Å². The van der Waals surface area contributed by atoms with Gasteiger partial charge >= 0.3 is 0 Å². The van der Waals surface area contributed by atoms with Crippen molar-refractivity contribution >= 4 is 71.5 Å². The molecule has 10 heteroatoms. The quantitative estimate of drug-likeness (QED) is 0.148. The third kappa shape index (κ3) is 5.60. The lowest BCUT2D eigenvalue weighted by Gasteiger charge is -2.16. The molecule has 0 amide bonds. The molecule has 0 radical (unpaired) electrons. The normalized spacial score (nSPS) is 11.5. The van der Waals surface area contributed by atoms with Crippen molar-refractivity contribution in [3.63, 3.8) is 0 Å². The Morgan fingerprint density at radius 2 is 1.76 bits per heavy atom. The van der Waals surface area contributed by atoms with Gasteiger partial charge in [-0.2, -0.15) is 9.78 Å². The molecular weight excluding hydrogens is 686 g/mol. The highest BCUT2D eigenvalue weighted by Gasteiger charge is 2.19. The first kappa shape index (κ1) is 28.2. The summed E-state index contributed by atoms with van der Waals surface area (Å²) in [6.07, 6.45) is 1.53. The molecule has 7 nitrogen and oxygen atoms in total. The van der Waals surface area contributed by atoms with Crippen LogP contribution in [0.25, 0.3) is 33.5 Å². The maximum absolute atomic E-state index is 13.7. The van der Waals surface area contributed by atoms with Crippen LogP contribution < -0.4 is 15.0 Å². The van der Waals surface area contributed by atoms with E-state index in [2.05, 4.69) is 37.0 Å². The lowest BCUT2D eigenvalue weighted by Crippen LogP contribution is -2.20. The van der Waals surface area contributed by atoms with Crippen LogP contribution in [0, 0.1) is 0 Å². The number of benzene rings is 4. The van der Waals surface area contributed by atoms with Gasteiger partial charge in [-0.3, -0.25) is 4.79 Å². The third-order valence-corrected chi connectivity index (χ3v) is 8.44. The number of furan rings is 1. The second-order valence-electron chi connectivity index (χ2n) is 9.23. The van der Waals surface area contributed by atoms with Crippen LogP contribution in [0.4, 0.5) is 0 Å². The summed E-state index contributed by atoms with van der Waals surface area (Å²) < 4.78 is 20.8. The Morgan fingerprint density at radius 3 is 2.55 bits per heavy atom. The van der Waals surface area contributed by atoms with Gasteiger partial charge in [0.1, 0.15) is 17.2 Å². The van der Waals surface area contributed by atoms with Crippen molar-refractivity contribution in [2.45, 2.75) is 13.5 Å². The predicted octanol–water partition coefficient (Wildman–Crippen LogP) is 8.85. The fourth-order valence-corrected chi connectivity index (χ4v) is 5.35. The topological polar surface area (TPSA) is 78.9 Å². The molecule has 0 fully saturated rings. The SMILES string of the molecule is CCOc1cc(C=Nn2c(-c3cc4ccccc4o3)nc3ccccc3c2=O)c(Br)c(Cl)c1OCc1ccc(Br)cc1. The van der Waals surface area contributed by atoms with E-state index in [4.69, 9.17) is 30.5 Å². The Kier molecular flexibility index (Phi) is 8.15. The first-order chi connectivity index (χ1) is 20.4. The van der Waals surface area contributed by atoms with Gasteiger partial charge in [-0.1, -0.05) is 70.0 Å². The van der Waals surface area contributed by atoms with Gasteiger partial charge in [-0.25, -0.2) is 4.98 Å². The zero-order valence-corrected chi connectivity index (χ0v) is 26.1. The maximum Gasteiger partial charge on any atom is 0.282 e. The molecule has 0 aliphatic rings. The largest absolute Gasteiger partial charge is 0.490 e. The third-order valence-electron chi connectivity index (χ3n) is 6.46. The number of aromatic nitrogens is 2. The highest BCUT2D eigenvalue weighted by molar-refractivity contribution is 9.10. The Hall–Kier alpha value is -3.92. The molecule has 0 aliphatic heterocycles. The zero-order chi connectivity index (χ0) is 29.2. The fraction of sp³-hybridized carbons (Fsp3) is 0.0938. The van der Waals surface area contributed by atoms with Gasteiger partial charge in [0.2, 0.25) is 5.82 Å². The van der Waals surface area contributed by atoms with E-state index >= 15 is 0 Å². The first-order valence-electron chi connectivity index (χ1n) is 13.0. The van der Waals surface area contributed by atoms with Crippen LogP contribution in [0.5, 0.6) is 11.5 Å². The Balaban J connectivity index is 1.43. The summed E-state index contributed by atoms with van der Waals surface area (Å²) in [6.45, 7) is 2.57. The number of hydrogen-bond donors (Lipinski definition) is 0. The van der Waals surface area contributed by atoms with Gasteiger partial charge in [0.15, 0.2) is 17.3 Å². The molecule has 6 rings (SSSR count). The van der Waals surface area contributed by atoms with Crippen LogP contribution in [0.3, 0.4) is 0 Å². The van der Waals surface area contributed by atoms with E-state index in [0.717, 1.165) is 15.4 Å². The van der Waals surface area contributed by atoms with E-state index in [0.29, 0.717) is 62.0 Å². The fourth-order valence-electron chi connectivity index (χ4n) is 4.43. The Bertz CT molecular complexity index is 1990. The van der Waals surface area contributed by atoms with Crippen LogP contribution in [-0.2, 0) is 6.61 Å². The highest BCUT2D eigenvalue weighted by Crippen LogP contribution is 2.42. The van der Waals surface area contributed by atoms with Gasteiger partial charge < -0.3 is 13.9 Å². The van der Waals surface area contributed by atoms with Crippen LogP contribution in [0.2, 0.25) is 5.02 Å². The lowest BCUT2D eigenvalue weighted by molar-refractivity contribution is 0.269. The minimum atomic E-state index is -0.339. The highest BCUT2D eigenvalue weighted by atomic mass is 79.9. The molecule has 2 aromatic heterocycles. The van der Waals surface area contributed by atoms with Gasteiger partial charge in [0.25, 0.3) is 5.56 Å². The van der Waals surface area contributed by atoms with Gasteiger partial charge in [0.05, 0.1) is 23.7 Å².